The largest absolute Gasteiger partial charge is 0.276 e. The van der Waals surface area contributed by atoms with E-state index in [9.17, 15) is 0 Å². The van der Waals surface area contributed by atoms with Crippen molar-refractivity contribution in [2.45, 2.75) is 6.42 Å². The molecule has 1 N–H and O–H groups in total. The van der Waals surface area contributed by atoms with Gasteiger partial charge in [-0.05, 0) is 34.5 Å². The molecule has 4 heteroatoms. The second-order valence-corrected chi connectivity index (χ2v) is 3.52. The van der Waals surface area contributed by atoms with E-state index in [1.807, 2.05) is 18.2 Å². The molecule has 2 heterocycles. The van der Waals surface area contributed by atoms with Crippen LogP contribution in [0.4, 0.5) is 0 Å². The van der Waals surface area contributed by atoms with Crippen molar-refractivity contribution < 1.29 is 4.84 Å². The highest BCUT2D eigenvalue weighted by atomic mass is 79.9. The van der Waals surface area contributed by atoms with Crippen molar-refractivity contribution in [2.24, 2.45) is 0 Å². The van der Waals surface area contributed by atoms with Crippen LogP contribution < -0.4 is 5.48 Å². The minimum absolute atomic E-state index is 0.720. The second-order valence-electron chi connectivity index (χ2n) is 2.70. The number of hydroxylamine groups is 1. The summed E-state index contributed by atoms with van der Waals surface area (Å²) in [4.78, 5) is 9.41. The SMILES string of the molecule is Brc1cccc(C2=CCCON2)n1. The molecule has 0 aliphatic carbocycles. The van der Waals surface area contributed by atoms with E-state index in [2.05, 4.69) is 32.5 Å². The van der Waals surface area contributed by atoms with Crippen molar-refractivity contribution in [3.8, 4) is 0 Å². The van der Waals surface area contributed by atoms with Gasteiger partial charge < -0.3 is 0 Å². The number of halogens is 1. The Balaban J connectivity index is 2.29. The molecule has 13 heavy (non-hydrogen) atoms. The first-order valence-electron chi connectivity index (χ1n) is 4.07. The maximum absolute atomic E-state index is 5.10. The molecule has 68 valence electrons. The van der Waals surface area contributed by atoms with Crippen LogP contribution in [-0.2, 0) is 4.84 Å². The lowest BCUT2D eigenvalue weighted by Gasteiger charge is -2.14. The van der Waals surface area contributed by atoms with Crippen LogP contribution in [0.5, 0.6) is 0 Å². The van der Waals surface area contributed by atoms with Crippen LogP contribution in [0.2, 0.25) is 0 Å². The van der Waals surface area contributed by atoms with Gasteiger partial charge >= 0.3 is 0 Å². The Kier molecular flexibility index (Phi) is 2.61. The lowest BCUT2D eigenvalue weighted by atomic mass is 10.2. The van der Waals surface area contributed by atoms with Crippen LogP contribution in [-0.4, -0.2) is 11.6 Å². The van der Waals surface area contributed by atoms with Crippen LogP contribution in [0.25, 0.3) is 5.70 Å². The third-order valence-corrected chi connectivity index (χ3v) is 2.18. The summed E-state index contributed by atoms with van der Waals surface area (Å²) in [5, 5.41) is 0. The minimum Gasteiger partial charge on any atom is -0.276 e. The number of rotatable bonds is 1. The summed E-state index contributed by atoms with van der Waals surface area (Å²) in [5.41, 5.74) is 4.68. The molecule has 0 saturated heterocycles. The highest BCUT2D eigenvalue weighted by Crippen LogP contribution is 2.15. The molecule has 1 aromatic heterocycles. The van der Waals surface area contributed by atoms with Crippen molar-refractivity contribution in [3.63, 3.8) is 0 Å². The first-order valence-corrected chi connectivity index (χ1v) is 4.86. The summed E-state index contributed by atoms with van der Waals surface area (Å²) in [6, 6.07) is 5.79. The Hall–Kier alpha value is -0.870. The van der Waals surface area contributed by atoms with Crippen molar-refractivity contribution in [1.82, 2.24) is 10.5 Å². The van der Waals surface area contributed by atoms with Crippen molar-refractivity contribution in [3.05, 3.63) is 34.6 Å². The van der Waals surface area contributed by atoms with Gasteiger partial charge in [-0.15, -0.1) is 0 Å². The molecule has 2 rings (SSSR count). The van der Waals surface area contributed by atoms with Crippen molar-refractivity contribution in [1.29, 1.82) is 0 Å². The van der Waals surface area contributed by atoms with Gasteiger partial charge in [-0.1, -0.05) is 12.1 Å². The van der Waals surface area contributed by atoms with E-state index in [1.54, 1.807) is 0 Å². The lowest BCUT2D eigenvalue weighted by molar-refractivity contribution is 0.0739. The van der Waals surface area contributed by atoms with Gasteiger partial charge in [0.15, 0.2) is 0 Å². The number of aromatic nitrogens is 1. The van der Waals surface area contributed by atoms with Gasteiger partial charge in [-0.25, -0.2) is 4.98 Å². The Labute approximate surface area is 84.9 Å². The molecule has 3 nitrogen and oxygen atoms in total. The fourth-order valence-corrected chi connectivity index (χ4v) is 1.49. The normalized spacial score (nSPS) is 16.2. The quantitative estimate of drug-likeness (QED) is 0.764. The summed E-state index contributed by atoms with van der Waals surface area (Å²) < 4.78 is 0.832. The monoisotopic (exact) mass is 240 g/mol. The van der Waals surface area contributed by atoms with Crippen molar-refractivity contribution >= 4 is 21.6 Å². The number of nitrogens with zero attached hydrogens (tertiary/aromatic N) is 1. The average Bonchev–Trinajstić information content (AvgIpc) is 2.19. The van der Waals surface area contributed by atoms with Crippen LogP contribution in [0.15, 0.2) is 28.9 Å². The molecule has 0 atom stereocenters. The van der Waals surface area contributed by atoms with Crippen LogP contribution in [0.1, 0.15) is 12.1 Å². The summed E-state index contributed by atoms with van der Waals surface area (Å²) in [6.07, 6.45) is 3.01. The molecule has 0 radical (unpaired) electrons. The molecule has 1 aliphatic rings. The summed E-state index contributed by atoms with van der Waals surface area (Å²) in [6.45, 7) is 0.720. The lowest BCUT2D eigenvalue weighted by Crippen LogP contribution is -2.18. The number of nitrogens with one attached hydrogen (secondary N) is 1. The van der Waals surface area contributed by atoms with Crippen LogP contribution >= 0.6 is 15.9 Å². The predicted octanol–water partition coefficient (Wildman–Crippen LogP) is 2.11. The van der Waals surface area contributed by atoms with E-state index in [-0.39, 0.29) is 0 Å². The average molecular weight is 241 g/mol. The molecule has 0 unspecified atom stereocenters. The summed E-state index contributed by atoms with van der Waals surface area (Å²) >= 11 is 3.32. The van der Waals surface area contributed by atoms with Gasteiger partial charge in [-0.3, -0.25) is 10.3 Å². The molecular weight excluding hydrogens is 232 g/mol. The maximum atomic E-state index is 5.10. The Morgan fingerprint density at radius 1 is 1.46 bits per heavy atom. The molecule has 0 aromatic carbocycles. The van der Waals surface area contributed by atoms with Gasteiger partial charge in [0.1, 0.15) is 4.60 Å². The zero-order valence-corrected chi connectivity index (χ0v) is 8.54. The predicted molar refractivity (Wildman–Crippen MR) is 53.6 cm³/mol. The highest BCUT2D eigenvalue weighted by Gasteiger charge is 2.06. The molecular formula is C9H9BrN2O. The van der Waals surface area contributed by atoms with Gasteiger partial charge in [0.05, 0.1) is 18.0 Å². The van der Waals surface area contributed by atoms with Crippen molar-refractivity contribution in [2.75, 3.05) is 6.61 Å². The van der Waals surface area contributed by atoms with E-state index in [0.717, 1.165) is 29.0 Å². The Morgan fingerprint density at radius 2 is 2.38 bits per heavy atom. The molecule has 1 aromatic rings. The van der Waals surface area contributed by atoms with E-state index in [1.165, 1.54) is 0 Å². The first-order chi connectivity index (χ1) is 6.36. The fourth-order valence-electron chi connectivity index (χ4n) is 1.15. The van der Waals surface area contributed by atoms with Gasteiger partial charge in [-0.2, -0.15) is 0 Å². The topological polar surface area (TPSA) is 34.1 Å². The third kappa shape index (κ3) is 2.08. The molecule has 0 fully saturated rings. The van der Waals surface area contributed by atoms with Gasteiger partial charge in [0.2, 0.25) is 0 Å². The summed E-state index contributed by atoms with van der Waals surface area (Å²) in [5.74, 6) is 0. The summed E-state index contributed by atoms with van der Waals surface area (Å²) in [7, 11) is 0. The molecule has 0 amide bonds. The van der Waals surface area contributed by atoms with E-state index in [4.69, 9.17) is 4.84 Å². The number of hydrogen-bond donors (Lipinski definition) is 1. The van der Waals surface area contributed by atoms with Crippen LogP contribution in [0, 0.1) is 0 Å². The third-order valence-electron chi connectivity index (χ3n) is 1.74. The molecule has 0 bridgehead atoms. The van der Waals surface area contributed by atoms with Gasteiger partial charge in [0, 0.05) is 0 Å². The molecule has 1 aliphatic heterocycles. The minimum atomic E-state index is 0.720. The van der Waals surface area contributed by atoms with Crippen LogP contribution in [0.3, 0.4) is 0 Å². The molecule has 0 saturated carbocycles. The van der Waals surface area contributed by atoms with E-state index >= 15 is 0 Å². The highest BCUT2D eigenvalue weighted by molar-refractivity contribution is 9.10. The fraction of sp³-hybridized carbons (Fsp3) is 0.222. The zero-order chi connectivity index (χ0) is 9.10. The Bertz CT molecular complexity index is 338. The zero-order valence-electron chi connectivity index (χ0n) is 6.96. The smallest absolute Gasteiger partial charge is 0.106 e. The van der Waals surface area contributed by atoms with Gasteiger partial charge in [0.25, 0.3) is 0 Å². The standard InChI is InChI=1S/C9H9BrN2O/c10-9-5-1-3-7(11-9)8-4-2-6-13-12-8/h1,3-5,12H,2,6H2. The number of hydrogen-bond acceptors (Lipinski definition) is 3. The number of pyridine rings is 1. The van der Waals surface area contributed by atoms with E-state index in [0.29, 0.717) is 0 Å². The second kappa shape index (κ2) is 3.89. The first kappa shape index (κ1) is 8.72. The Morgan fingerprint density at radius 3 is 3.08 bits per heavy atom. The maximum Gasteiger partial charge on any atom is 0.106 e. The molecule has 0 spiro atoms. The van der Waals surface area contributed by atoms with E-state index < -0.39 is 0 Å².